The van der Waals surface area contributed by atoms with E-state index < -0.39 is 0 Å². The van der Waals surface area contributed by atoms with E-state index >= 15 is 0 Å². The molecule has 0 amide bonds. The Bertz CT molecular complexity index is 923. The predicted octanol–water partition coefficient (Wildman–Crippen LogP) is 2.47. The Kier molecular flexibility index (Phi) is 3.11. The summed E-state index contributed by atoms with van der Waals surface area (Å²) in [6.45, 7) is 4.14. The van der Waals surface area contributed by atoms with Crippen LogP contribution >= 0.6 is 0 Å². The number of fused-ring (bicyclic) bond motifs is 2. The molecule has 3 aromatic rings. The third-order valence-corrected chi connectivity index (χ3v) is 4.97. The maximum atomic E-state index is 6.20. The zero-order chi connectivity index (χ0) is 16.9. The largest absolute Gasteiger partial charge is 0.364 e. The van der Waals surface area contributed by atoms with Gasteiger partial charge in [0.15, 0.2) is 17.3 Å². The highest BCUT2D eigenvalue weighted by molar-refractivity contribution is 5.51. The molecular formula is C18H17N5O2. The summed E-state index contributed by atoms with van der Waals surface area (Å²) in [5.74, 6) is 1.81. The van der Waals surface area contributed by atoms with Crippen LogP contribution in [0.4, 0.5) is 5.82 Å². The normalized spacial score (nSPS) is 21.9. The van der Waals surface area contributed by atoms with Crippen molar-refractivity contribution < 1.29 is 9.26 Å². The Labute approximate surface area is 144 Å². The minimum Gasteiger partial charge on any atom is -0.364 e. The van der Waals surface area contributed by atoms with Crippen molar-refractivity contribution in [2.45, 2.75) is 25.6 Å². The third kappa shape index (κ3) is 2.31. The van der Waals surface area contributed by atoms with Gasteiger partial charge in [-0.05, 0) is 36.6 Å². The number of ether oxygens (including phenoxy) is 1. The van der Waals surface area contributed by atoms with Crippen LogP contribution in [-0.2, 0) is 16.9 Å². The number of rotatable bonds is 2. The van der Waals surface area contributed by atoms with E-state index in [-0.39, 0.29) is 5.60 Å². The lowest BCUT2D eigenvalue weighted by Crippen LogP contribution is -2.31. The summed E-state index contributed by atoms with van der Waals surface area (Å²) in [6, 6.07) is 12.3. The number of benzene rings is 1. The van der Waals surface area contributed by atoms with E-state index in [0.29, 0.717) is 24.0 Å². The van der Waals surface area contributed by atoms with E-state index in [1.165, 1.54) is 11.1 Å². The maximum Gasteiger partial charge on any atom is 0.278 e. The van der Waals surface area contributed by atoms with Crippen molar-refractivity contribution in [2.24, 2.45) is 0 Å². The molecule has 5 rings (SSSR count). The van der Waals surface area contributed by atoms with Gasteiger partial charge in [0.2, 0.25) is 0 Å². The summed E-state index contributed by atoms with van der Waals surface area (Å²) in [4.78, 5) is 6.40. The van der Waals surface area contributed by atoms with Gasteiger partial charge in [0.25, 0.3) is 5.89 Å². The number of hydrogen-bond acceptors (Lipinski definition) is 7. The molecule has 0 saturated carbocycles. The lowest BCUT2D eigenvalue weighted by Gasteiger charge is -2.25. The van der Waals surface area contributed by atoms with E-state index in [1.54, 1.807) is 6.92 Å². The molecule has 7 nitrogen and oxygen atoms in total. The van der Waals surface area contributed by atoms with Crippen molar-refractivity contribution in [3.63, 3.8) is 0 Å². The second-order valence-corrected chi connectivity index (χ2v) is 6.54. The smallest absolute Gasteiger partial charge is 0.278 e. The number of aryl methyl sites for hydroxylation is 1. The van der Waals surface area contributed by atoms with Crippen LogP contribution in [0, 0.1) is 6.92 Å². The van der Waals surface area contributed by atoms with E-state index in [9.17, 15) is 0 Å². The molecule has 0 bridgehead atoms. The number of hydrogen-bond donors (Lipinski definition) is 0. The summed E-state index contributed by atoms with van der Waals surface area (Å²) < 4.78 is 11.3. The zero-order valence-electron chi connectivity index (χ0n) is 13.8. The molecular weight excluding hydrogens is 318 g/mol. The number of aromatic nitrogens is 4. The monoisotopic (exact) mass is 335 g/mol. The van der Waals surface area contributed by atoms with Gasteiger partial charge < -0.3 is 14.2 Å². The summed E-state index contributed by atoms with van der Waals surface area (Å²) in [5, 5.41) is 12.4. The van der Waals surface area contributed by atoms with Crippen molar-refractivity contribution in [1.82, 2.24) is 20.3 Å². The molecule has 2 aliphatic rings. The number of nitrogens with zero attached hydrogens (tertiary/aromatic N) is 5. The van der Waals surface area contributed by atoms with Gasteiger partial charge in [0, 0.05) is 6.54 Å². The molecule has 1 aromatic carbocycles. The first kappa shape index (κ1) is 14.5. The Balaban J connectivity index is 1.39. The molecule has 7 heteroatoms. The Morgan fingerprint density at radius 1 is 1.12 bits per heavy atom. The summed E-state index contributed by atoms with van der Waals surface area (Å²) in [7, 11) is 0. The van der Waals surface area contributed by atoms with Crippen molar-refractivity contribution in [1.29, 1.82) is 0 Å². The van der Waals surface area contributed by atoms with Crippen LogP contribution in [0.2, 0.25) is 0 Å². The van der Waals surface area contributed by atoms with Gasteiger partial charge in [0.05, 0.1) is 13.2 Å². The first-order chi connectivity index (χ1) is 12.2. The Morgan fingerprint density at radius 3 is 2.84 bits per heavy atom. The highest BCUT2D eigenvalue weighted by Gasteiger charge is 2.45. The van der Waals surface area contributed by atoms with Crippen molar-refractivity contribution in [3.05, 3.63) is 53.3 Å². The van der Waals surface area contributed by atoms with Gasteiger partial charge in [-0.1, -0.05) is 29.4 Å². The van der Waals surface area contributed by atoms with Crippen LogP contribution in [0.15, 0.2) is 40.9 Å². The van der Waals surface area contributed by atoms with Gasteiger partial charge in [-0.3, -0.25) is 0 Å². The first-order valence-electron chi connectivity index (χ1n) is 8.35. The highest BCUT2D eigenvalue weighted by Crippen LogP contribution is 2.44. The average Bonchev–Trinajstić information content (AvgIpc) is 3.36. The molecule has 0 N–H and O–H groups in total. The highest BCUT2D eigenvalue weighted by atomic mass is 16.5. The van der Waals surface area contributed by atoms with Crippen molar-refractivity contribution in [2.75, 3.05) is 18.0 Å². The van der Waals surface area contributed by atoms with E-state index in [0.717, 1.165) is 25.3 Å². The second kappa shape index (κ2) is 5.35. The lowest BCUT2D eigenvalue weighted by atomic mass is 9.92. The van der Waals surface area contributed by atoms with Crippen LogP contribution in [0.3, 0.4) is 0 Å². The fourth-order valence-corrected chi connectivity index (χ4v) is 3.71. The molecule has 2 aliphatic heterocycles. The molecule has 1 unspecified atom stereocenters. The molecule has 1 spiro atoms. The summed E-state index contributed by atoms with van der Waals surface area (Å²) >= 11 is 0. The minimum atomic E-state index is -0.222. The molecule has 4 heterocycles. The van der Waals surface area contributed by atoms with Crippen molar-refractivity contribution in [3.8, 4) is 11.6 Å². The zero-order valence-corrected chi connectivity index (χ0v) is 13.8. The predicted molar refractivity (Wildman–Crippen MR) is 89.8 cm³/mol. The Morgan fingerprint density at radius 2 is 2.04 bits per heavy atom. The van der Waals surface area contributed by atoms with Gasteiger partial charge in [0.1, 0.15) is 5.60 Å². The average molecular weight is 335 g/mol. The van der Waals surface area contributed by atoms with Crippen molar-refractivity contribution >= 4 is 5.82 Å². The SMILES string of the molecule is Cc1noc(-c2ccc(N3CCC4(C3)OCc3ccccc34)nn2)n1. The quantitative estimate of drug-likeness (QED) is 0.712. The van der Waals surface area contributed by atoms with E-state index in [2.05, 4.69) is 49.5 Å². The molecule has 0 radical (unpaired) electrons. The molecule has 0 aliphatic carbocycles. The van der Waals surface area contributed by atoms with Gasteiger partial charge in [-0.2, -0.15) is 4.98 Å². The molecule has 1 saturated heterocycles. The lowest BCUT2D eigenvalue weighted by molar-refractivity contribution is -0.0205. The van der Waals surface area contributed by atoms with Crippen LogP contribution in [0.5, 0.6) is 0 Å². The maximum absolute atomic E-state index is 6.20. The number of anilines is 1. The minimum absolute atomic E-state index is 0.222. The molecule has 1 atom stereocenters. The molecule has 25 heavy (non-hydrogen) atoms. The topological polar surface area (TPSA) is 77.2 Å². The van der Waals surface area contributed by atoms with E-state index in [4.69, 9.17) is 9.26 Å². The first-order valence-corrected chi connectivity index (χ1v) is 8.35. The fourth-order valence-electron chi connectivity index (χ4n) is 3.71. The van der Waals surface area contributed by atoms with Gasteiger partial charge in [-0.25, -0.2) is 0 Å². The summed E-state index contributed by atoms with van der Waals surface area (Å²) in [5.41, 5.74) is 2.96. The molecule has 126 valence electrons. The van der Waals surface area contributed by atoms with Crippen LogP contribution in [0.25, 0.3) is 11.6 Å². The van der Waals surface area contributed by atoms with Crippen LogP contribution < -0.4 is 4.90 Å². The fraction of sp³-hybridized carbons (Fsp3) is 0.333. The van der Waals surface area contributed by atoms with Crippen LogP contribution in [-0.4, -0.2) is 33.4 Å². The molecule has 2 aromatic heterocycles. The summed E-state index contributed by atoms with van der Waals surface area (Å²) in [6.07, 6.45) is 0.955. The standard InChI is InChI=1S/C18H17N5O2/c1-12-19-17(25-22-12)15-6-7-16(21-20-15)23-9-8-18(11-23)14-5-3-2-4-13(14)10-24-18/h2-7H,8-11H2,1H3. The van der Waals surface area contributed by atoms with Gasteiger partial charge in [-0.15, -0.1) is 10.2 Å². The second-order valence-electron chi connectivity index (χ2n) is 6.54. The third-order valence-electron chi connectivity index (χ3n) is 4.97. The Hall–Kier alpha value is -2.80. The molecule has 1 fully saturated rings. The van der Waals surface area contributed by atoms with Crippen LogP contribution in [0.1, 0.15) is 23.4 Å². The van der Waals surface area contributed by atoms with Gasteiger partial charge >= 0.3 is 0 Å². The van der Waals surface area contributed by atoms with E-state index in [1.807, 2.05) is 12.1 Å².